The van der Waals surface area contributed by atoms with Crippen molar-refractivity contribution in [2.75, 3.05) is 0 Å². The van der Waals surface area contributed by atoms with Crippen molar-refractivity contribution < 1.29 is 5.11 Å². The molecule has 16 heavy (non-hydrogen) atoms. The first kappa shape index (κ1) is 10.8. The highest BCUT2D eigenvalue weighted by Gasteiger charge is 2.09. The van der Waals surface area contributed by atoms with E-state index in [9.17, 15) is 5.11 Å². The summed E-state index contributed by atoms with van der Waals surface area (Å²) in [5.74, 6) is 0. The maximum Gasteiger partial charge on any atom is 0.0845 e. The smallest absolute Gasteiger partial charge is 0.0845 e. The van der Waals surface area contributed by atoms with E-state index < -0.39 is 6.10 Å². The summed E-state index contributed by atoms with van der Waals surface area (Å²) in [6.45, 7) is 2.01. The molecule has 0 saturated heterocycles. The fraction of sp³-hybridized carbons (Fsp3) is 0.214. The van der Waals surface area contributed by atoms with E-state index >= 15 is 0 Å². The maximum absolute atomic E-state index is 10.1. The maximum atomic E-state index is 10.1. The van der Waals surface area contributed by atoms with Crippen LogP contribution in [0.15, 0.2) is 48.7 Å². The molecule has 0 aliphatic rings. The van der Waals surface area contributed by atoms with Crippen molar-refractivity contribution in [3.05, 3.63) is 65.5 Å². The number of rotatable bonds is 3. The van der Waals surface area contributed by atoms with E-state index in [1.807, 2.05) is 49.4 Å². The molecule has 1 aromatic heterocycles. The Bertz CT molecular complexity index is 453. The Morgan fingerprint density at radius 2 is 1.88 bits per heavy atom. The lowest BCUT2D eigenvalue weighted by molar-refractivity contribution is 0.177. The van der Waals surface area contributed by atoms with E-state index in [2.05, 4.69) is 4.98 Å². The second kappa shape index (κ2) is 4.90. The summed E-state index contributed by atoms with van der Waals surface area (Å²) in [6, 6.07) is 13.6. The Morgan fingerprint density at radius 3 is 2.56 bits per heavy atom. The average Bonchev–Trinajstić information content (AvgIpc) is 2.33. The van der Waals surface area contributed by atoms with E-state index in [0.717, 1.165) is 16.8 Å². The van der Waals surface area contributed by atoms with Crippen LogP contribution in [0.25, 0.3) is 0 Å². The topological polar surface area (TPSA) is 33.1 Å². The molecule has 2 aromatic rings. The molecule has 1 aromatic carbocycles. The van der Waals surface area contributed by atoms with Gasteiger partial charge in [-0.15, -0.1) is 0 Å². The summed E-state index contributed by atoms with van der Waals surface area (Å²) < 4.78 is 0. The molecule has 2 rings (SSSR count). The highest BCUT2D eigenvalue weighted by molar-refractivity contribution is 5.23. The number of aliphatic hydroxyl groups excluding tert-OH is 1. The SMILES string of the molecule is Cc1cccnc1C[C@H](O)c1ccccc1. The standard InChI is InChI=1S/C14H15NO/c1-11-6-5-9-15-13(11)10-14(16)12-7-3-2-4-8-12/h2-9,14,16H,10H2,1H3/t14-/m0/s1. The Balaban J connectivity index is 2.14. The van der Waals surface area contributed by atoms with Crippen LogP contribution in [0.3, 0.4) is 0 Å². The summed E-state index contributed by atoms with van der Waals surface area (Å²) in [7, 11) is 0. The minimum absolute atomic E-state index is 0.477. The van der Waals surface area contributed by atoms with Gasteiger partial charge < -0.3 is 5.11 Å². The van der Waals surface area contributed by atoms with Crippen LogP contribution in [0.5, 0.6) is 0 Å². The molecule has 2 heteroatoms. The molecule has 82 valence electrons. The minimum atomic E-state index is -0.477. The van der Waals surface area contributed by atoms with E-state index in [1.54, 1.807) is 6.20 Å². The highest BCUT2D eigenvalue weighted by Crippen LogP contribution is 2.18. The summed E-state index contributed by atoms with van der Waals surface area (Å²) in [6.07, 6.45) is 1.85. The molecule has 0 aliphatic carbocycles. The van der Waals surface area contributed by atoms with Gasteiger partial charge in [-0.25, -0.2) is 0 Å². The molecule has 0 radical (unpaired) electrons. The lowest BCUT2D eigenvalue weighted by atomic mass is 10.0. The van der Waals surface area contributed by atoms with E-state index in [0.29, 0.717) is 6.42 Å². The molecule has 0 aliphatic heterocycles. The molecule has 0 spiro atoms. The normalized spacial score (nSPS) is 12.4. The first-order chi connectivity index (χ1) is 7.77. The Hall–Kier alpha value is -1.67. The van der Waals surface area contributed by atoms with Gasteiger partial charge in [0.1, 0.15) is 0 Å². The zero-order valence-electron chi connectivity index (χ0n) is 9.30. The average molecular weight is 213 g/mol. The zero-order valence-corrected chi connectivity index (χ0v) is 9.30. The molecule has 0 unspecified atom stereocenters. The molecule has 1 atom stereocenters. The summed E-state index contributed by atoms with van der Waals surface area (Å²) >= 11 is 0. The number of aliphatic hydroxyl groups is 1. The molecule has 2 nitrogen and oxygen atoms in total. The van der Waals surface area contributed by atoms with Crippen LogP contribution < -0.4 is 0 Å². The van der Waals surface area contributed by atoms with Gasteiger partial charge in [0.2, 0.25) is 0 Å². The van der Waals surface area contributed by atoms with Crippen LogP contribution in [-0.2, 0) is 6.42 Å². The highest BCUT2D eigenvalue weighted by atomic mass is 16.3. The second-order valence-corrected chi connectivity index (χ2v) is 3.90. The van der Waals surface area contributed by atoms with E-state index in [1.165, 1.54) is 0 Å². The van der Waals surface area contributed by atoms with E-state index in [4.69, 9.17) is 0 Å². The molecule has 1 heterocycles. The van der Waals surface area contributed by atoms with Crippen molar-refractivity contribution >= 4 is 0 Å². The molecular formula is C14H15NO. The number of hydrogen-bond donors (Lipinski definition) is 1. The van der Waals surface area contributed by atoms with E-state index in [-0.39, 0.29) is 0 Å². The summed E-state index contributed by atoms with van der Waals surface area (Å²) in [4.78, 5) is 4.28. The third kappa shape index (κ3) is 2.47. The predicted octanol–water partition coefficient (Wildman–Crippen LogP) is 2.67. The van der Waals surface area contributed by atoms with Gasteiger partial charge in [-0.05, 0) is 24.1 Å². The van der Waals surface area contributed by atoms with Crippen LogP contribution in [0.1, 0.15) is 22.9 Å². The molecule has 0 amide bonds. The third-order valence-electron chi connectivity index (χ3n) is 2.69. The van der Waals surface area contributed by atoms with Crippen LogP contribution in [-0.4, -0.2) is 10.1 Å². The molecule has 0 saturated carbocycles. The van der Waals surface area contributed by atoms with Gasteiger partial charge in [0.15, 0.2) is 0 Å². The van der Waals surface area contributed by atoms with Gasteiger partial charge in [-0.1, -0.05) is 36.4 Å². The monoisotopic (exact) mass is 213 g/mol. The third-order valence-corrected chi connectivity index (χ3v) is 2.69. The van der Waals surface area contributed by atoms with Crippen molar-refractivity contribution in [2.45, 2.75) is 19.4 Å². The minimum Gasteiger partial charge on any atom is -0.388 e. The first-order valence-electron chi connectivity index (χ1n) is 5.41. The Labute approximate surface area is 95.6 Å². The number of aryl methyl sites for hydroxylation is 1. The lowest BCUT2D eigenvalue weighted by Crippen LogP contribution is -2.04. The van der Waals surface area contributed by atoms with Crippen molar-refractivity contribution in [1.29, 1.82) is 0 Å². The molecule has 0 fully saturated rings. The van der Waals surface area contributed by atoms with Crippen molar-refractivity contribution in [1.82, 2.24) is 4.98 Å². The summed E-state index contributed by atoms with van der Waals surface area (Å²) in [5, 5.41) is 10.1. The number of benzene rings is 1. The van der Waals surface area contributed by atoms with Crippen LogP contribution >= 0.6 is 0 Å². The van der Waals surface area contributed by atoms with Crippen molar-refractivity contribution in [3.8, 4) is 0 Å². The van der Waals surface area contributed by atoms with Gasteiger partial charge >= 0.3 is 0 Å². The van der Waals surface area contributed by atoms with Crippen LogP contribution in [0, 0.1) is 6.92 Å². The van der Waals surface area contributed by atoms with Gasteiger partial charge in [-0.2, -0.15) is 0 Å². The van der Waals surface area contributed by atoms with Crippen LogP contribution in [0.4, 0.5) is 0 Å². The lowest BCUT2D eigenvalue weighted by Gasteiger charge is -2.11. The van der Waals surface area contributed by atoms with Crippen molar-refractivity contribution in [2.24, 2.45) is 0 Å². The fourth-order valence-corrected chi connectivity index (χ4v) is 1.71. The molecule has 0 bridgehead atoms. The zero-order chi connectivity index (χ0) is 11.4. The molecular weight excluding hydrogens is 198 g/mol. The predicted molar refractivity (Wildman–Crippen MR) is 64.1 cm³/mol. The van der Waals surface area contributed by atoms with Gasteiger partial charge in [0.25, 0.3) is 0 Å². The van der Waals surface area contributed by atoms with Crippen molar-refractivity contribution in [3.63, 3.8) is 0 Å². The summed E-state index contributed by atoms with van der Waals surface area (Å²) in [5.41, 5.74) is 3.02. The first-order valence-corrected chi connectivity index (χ1v) is 5.41. The largest absolute Gasteiger partial charge is 0.388 e. The number of nitrogens with zero attached hydrogens (tertiary/aromatic N) is 1. The Morgan fingerprint density at radius 1 is 1.12 bits per heavy atom. The molecule has 1 N–H and O–H groups in total. The number of hydrogen-bond acceptors (Lipinski definition) is 2. The van der Waals surface area contributed by atoms with Crippen LogP contribution in [0.2, 0.25) is 0 Å². The quantitative estimate of drug-likeness (QED) is 0.850. The van der Waals surface area contributed by atoms with Gasteiger partial charge in [0, 0.05) is 18.3 Å². The number of aromatic nitrogens is 1. The second-order valence-electron chi connectivity index (χ2n) is 3.90. The number of pyridine rings is 1. The Kier molecular flexibility index (Phi) is 3.32. The van der Waals surface area contributed by atoms with Gasteiger partial charge in [0.05, 0.1) is 6.10 Å². The van der Waals surface area contributed by atoms with Gasteiger partial charge in [-0.3, -0.25) is 4.98 Å². The fourth-order valence-electron chi connectivity index (χ4n) is 1.71.